The third-order valence-electron chi connectivity index (χ3n) is 4.50. The van der Waals surface area contributed by atoms with Crippen LogP contribution < -0.4 is 10.6 Å². The molecule has 0 atom stereocenters. The summed E-state index contributed by atoms with van der Waals surface area (Å²) in [6.07, 6.45) is 9.50. The summed E-state index contributed by atoms with van der Waals surface area (Å²) in [4.78, 5) is 10.1. The molecule has 5 heteroatoms. The lowest BCUT2D eigenvalue weighted by atomic mass is 9.83. The summed E-state index contributed by atoms with van der Waals surface area (Å²) in [5.74, 6) is 2.65. The third kappa shape index (κ3) is 5.59. The topological polar surface area (TPSA) is 49.3 Å². The number of aliphatic imine (C=N–C) groups is 1. The SMILES string of the molecule is CCc1cnc(CCNC(=NC)NCC2CCC(C)CC2)s1. The first kappa shape index (κ1) is 17.3. The summed E-state index contributed by atoms with van der Waals surface area (Å²) in [7, 11) is 1.84. The largest absolute Gasteiger partial charge is 0.356 e. The van der Waals surface area contributed by atoms with E-state index in [-0.39, 0.29) is 0 Å². The normalized spacial score (nSPS) is 22.6. The average Bonchev–Trinajstić information content (AvgIpc) is 3.00. The van der Waals surface area contributed by atoms with Gasteiger partial charge in [0.25, 0.3) is 0 Å². The zero-order valence-corrected chi connectivity index (χ0v) is 15.0. The predicted molar refractivity (Wildman–Crippen MR) is 95.7 cm³/mol. The van der Waals surface area contributed by atoms with E-state index in [1.54, 1.807) is 0 Å². The fourth-order valence-corrected chi connectivity index (χ4v) is 3.77. The highest BCUT2D eigenvalue weighted by atomic mass is 32.1. The summed E-state index contributed by atoms with van der Waals surface area (Å²) < 4.78 is 0. The van der Waals surface area contributed by atoms with Crippen molar-refractivity contribution in [3.8, 4) is 0 Å². The molecule has 2 N–H and O–H groups in total. The van der Waals surface area contributed by atoms with E-state index in [1.807, 2.05) is 24.6 Å². The van der Waals surface area contributed by atoms with Crippen molar-refractivity contribution in [3.63, 3.8) is 0 Å². The Hall–Kier alpha value is -1.10. The minimum absolute atomic E-state index is 0.806. The number of guanidine groups is 1. The van der Waals surface area contributed by atoms with Crippen molar-refractivity contribution in [1.82, 2.24) is 15.6 Å². The number of aryl methyl sites for hydroxylation is 1. The third-order valence-corrected chi connectivity index (χ3v) is 5.70. The molecule has 0 spiro atoms. The van der Waals surface area contributed by atoms with Crippen LogP contribution in [-0.2, 0) is 12.8 Å². The van der Waals surface area contributed by atoms with Crippen molar-refractivity contribution in [1.29, 1.82) is 0 Å². The molecule has 0 aromatic carbocycles. The van der Waals surface area contributed by atoms with E-state index in [4.69, 9.17) is 0 Å². The molecule has 4 nitrogen and oxygen atoms in total. The Bertz CT molecular complexity index is 461. The van der Waals surface area contributed by atoms with Gasteiger partial charge in [-0.05, 0) is 31.1 Å². The number of hydrogen-bond donors (Lipinski definition) is 2. The first-order valence-corrected chi connectivity index (χ1v) is 9.41. The second-order valence-corrected chi connectivity index (χ2v) is 7.53. The highest BCUT2D eigenvalue weighted by molar-refractivity contribution is 7.11. The quantitative estimate of drug-likeness (QED) is 0.624. The number of nitrogens with zero attached hydrogens (tertiary/aromatic N) is 2. The van der Waals surface area contributed by atoms with E-state index in [0.29, 0.717) is 0 Å². The van der Waals surface area contributed by atoms with Crippen molar-refractivity contribution in [2.75, 3.05) is 20.1 Å². The van der Waals surface area contributed by atoms with E-state index < -0.39 is 0 Å². The summed E-state index contributed by atoms with van der Waals surface area (Å²) >= 11 is 1.82. The van der Waals surface area contributed by atoms with Gasteiger partial charge in [0.15, 0.2) is 5.96 Å². The van der Waals surface area contributed by atoms with Gasteiger partial charge in [-0.2, -0.15) is 0 Å². The molecule has 0 unspecified atom stereocenters. The second kappa shape index (κ2) is 9.13. The monoisotopic (exact) mass is 322 g/mol. The fraction of sp³-hybridized carbons (Fsp3) is 0.765. The molecule has 1 aliphatic rings. The van der Waals surface area contributed by atoms with Crippen LogP contribution in [0, 0.1) is 11.8 Å². The van der Waals surface area contributed by atoms with Crippen LogP contribution in [0.2, 0.25) is 0 Å². The number of rotatable bonds is 6. The van der Waals surface area contributed by atoms with Crippen molar-refractivity contribution in [2.45, 2.75) is 52.4 Å². The highest BCUT2D eigenvalue weighted by Gasteiger charge is 2.18. The van der Waals surface area contributed by atoms with Gasteiger partial charge >= 0.3 is 0 Å². The predicted octanol–water partition coefficient (Wildman–Crippen LogP) is 3.24. The fourth-order valence-electron chi connectivity index (χ4n) is 2.91. The van der Waals surface area contributed by atoms with E-state index in [0.717, 1.165) is 43.7 Å². The van der Waals surface area contributed by atoms with Crippen LogP contribution in [0.4, 0.5) is 0 Å². The van der Waals surface area contributed by atoms with Gasteiger partial charge in [0.1, 0.15) is 0 Å². The van der Waals surface area contributed by atoms with Crippen molar-refractivity contribution in [3.05, 3.63) is 16.1 Å². The summed E-state index contributed by atoms with van der Waals surface area (Å²) in [6.45, 7) is 6.47. The van der Waals surface area contributed by atoms with E-state index in [2.05, 4.69) is 34.5 Å². The van der Waals surface area contributed by atoms with Crippen molar-refractivity contribution < 1.29 is 0 Å². The number of aromatic nitrogens is 1. The van der Waals surface area contributed by atoms with Gasteiger partial charge in [-0.15, -0.1) is 11.3 Å². The molecule has 1 aromatic rings. The molecule has 1 fully saturated rings. The Labute approximate surface area is 138 Å². The zero-order chi connectivity index (χ0) is 15.8. The molecule has 0 radical (unpaired) electrons. The second-order valence-electron chi connectivity index (χ2n) is 6.33. The maximum atomic E-state index is 4.45. The molecular weight excluding hydrogens is 292 g/mol. The molecule has 0 aliphatic heterocycles. The number of nitrogens with one attached hydrogen (secondary N) is 2. The van der Waals surface area contributed by atoms with Crippen LogP contribution in [0.25, 0.3) is 0 Å². The lowest BCUT2D eigenvalue weighted by Gasteiger charge is -2.26. The Balaban J connectivity index is 1.64. The lowest BCUT2D eigenvalue weighted by Crippen LogP contribution is -2.41. The molecule has 0 bridgehead atoms. The first-order chi connectivity index (χ1) is 10.7. The van der Waals surface area contributed by atoms with Crippen LogP contribution >= 0.6 is 11.3 Å². The van der Waals surface area contributed by atoms with E-state index in [9.17, 15) is 0 Å². The van der Waals surface area contributed by atoms with Gasteiger partial charge in [-0.25, -0.2) is 4.98 Å². The van der Waals surface area contributed by atoms with Gasteiger partial charge in [-0.3, -0.25) is 4.99 Å². The summed E-state index contributed by atoms with van der Waals surface area (Å²) in [5.41, 5.74) is 0. The maximum absolute atomic E-state index is 4.45. The molecule has 1 aliphatic carbocycles. The summed E-state index contributed by atoms with van der Waals surface area (Å²) in [5, 5.41) is 8.09. The van der Waals surface area contributed by atoms with Crippen LogP contribution in [0.3, 0.4) is 0 Å². The Morgan fingerprint density at radius 1 is 1.32 bits per heavy atom. The zero-order valence-electron chi connectivity index (χ0n) is 14.2. The Morgan fingerprint density at radius 3 is 2.73 bits per heavy atom. The van der Waals surface area contributed by atoms with Gasteiger partial charge in [-0.1, -0.05) is 26.7 Å². The number of hydrogen-bond acceptors (Lipinski definition) is 3. The van der Waals surface area contributed by atoms with E-state index >= 15 is 0 Å². The minimum atomic E-state index is 0.806. The van der Waals surface area contributed by atoms with Crippen molar-refractivity contribution >= 4 is 17.3 Å². The van der Waals surface area contributed by atoms with Crippen LogP contribution in [-0.4, -0.2) is 31.1 Å². The molecule has 1 aromatic heterocycles. The van der Waals surface area contributed by atoms with Gasteiger partial charge in [0, 0.05) is 37.6 Å². The maximum Gasteiger partial charge on any atom is 0.190 e. The highest BCUT2D eigenvalue weighted by Crippen LogP contribution is 2.27. The lowest BCUT2D eigenvalue weighted by molar-refractivity contribution is 0.289. The van der Waals surface area contributed by atoms with Crippen LogP contribution in [0.5, 0.6) is 0 Å². The molecule has 1 saturated carbocycles. The molecular formula is C17H30N4S. The van der Waals surface area contributed by atoms with E-state index in [1.165, 1.54) is 35.6 Å². The molecule has 124 valence electrons. The number of thiazole rings is 1. The van der Waals surface area contributed by atoms with Gasteiger partial charge in [0.2, 0.25) is 0 Å². The Kier molecular flexibility index (Phi) is 7.16. The van der Waals surface area contributed by atoms with Crippen LogP contribution in [0.1, 0.15) is 49.4 Å². The molecule has 0 amide bonds. The Morgan fingerprint density at radius 2 is 2.09 bits per heavy atom. The average molecular weight is 323 g/mol. The summed E-state index contributed by atoms with van der Waals surface area (Å²) in [6, 6.07) is 0. The van der Waals surface area contributed by atoms with Crippen LogP contribution in [0.15, 0.2) is 11.2 Å². The smallest absolute Gasteiger partial charge is 0.190 e. The standard InChI is InChI=1S/C17H30N4S/c1-4-15-12-20-16(22-15)9-10-19-17(18-3)21-11-14-7-5-13(2)6-8-14/h12-14H,4-11H2,1-3H3,(H2,18,19,21). The van der Waals surface area contributed by atoms with Gasteiger partial charge in [0.05, 0.1) is 5.01 Å². The minimum Gasteiger partial charge on any atom is -0.356 e. The van der Waals surface area contributed by atoms with Crippen molar-refractivity contribution in [2.24, 2.45) is 16.8 Å². The van der Waals surface area contributed by atoms with Gasteiger partial charge < -0.3 is 10.6 Å². The molecule has 22 heavy (non-hydrogen) atoms. The first-order valence-electron chi connectivity index (χ1n) is 8.59. The molecule has 0 saturated heterocycles. The molecule has 2 rings (SSSR count). The molecule has 1 heterocycles.